The van der Waals surface area contributed by atoms with Gasteiger partial charge in [-0.05, 0) is 76.5 Å². The van der Waals surface area contributed by atoms with Crippen LogP contribution < -0.4 is 5.32 Å². The monoisotopic (exact) mass is 489 g/mol. The van der Waals surface area contributed by atoms with Crippen molar-refractivity contribution in [2.45, 2.75) is 24.7 Å². The van der Waals surface area contributed by atoms with Crippen molar-refractivity contribution >= 4 is 61.9 Å². The molecule has 5 heteroatoms. The van der Waals surface area contributed by atoms with Crippen LogP contribution in [0.5, 0.6) is 0 Å². The molecule has 0 heterocycles. The molecule has 2 aromatic rings. The van der Waals surface area contributed by atoms with Gasteiger partial charge in [0.25, 0.3) is 0 Å². The maximum absolute atomic E-state index is 12.2. The molecule has 0 unspecified atom stereocenters. The zero-order valence-corrected chi connectivity index (χ0v) is 17.0. The Hall–Kier alpha value is -0.530. The lowest BCUT2D eigenvalue weighted by Crippen LogP contribution is -2.15. The first-order chi connectivity index (χ1) is 10.5. The van der Waals surface area contributed by atoms with Crippen LogP contribution in [-0.2, 0) is 4.79 Å². The summed E-state index contributed by atoms with van der Waals surface area (Å²) in [5.41, 5.74) is 2.09. The van der Waals surface area contributed by atoms with Crippen LogP contribution in [0.1, 0.15) is 25.3 Å². The van der Waals surface area contributed by atoms with Crippen LogP contribution >= 0.6 is 50.3 Å². The average Bonchev–Trinajstić information content (AvgIpc) is 2.48. The van der Waals surface area contributed by atoms with E-state index in [1.54, 1.807) is 0 Å². The third-order valence-electron chi connectivity index (χ3n) is 3.09. The third kappa shape index (κ3) is 5.28. The van der Waals surface area contributed by atoms with Crippen molar-refractivity contribution in [2.75, 3.05) is 11.1 Å². The van der Waals surface area contributed by atoms with Crippen LogP contribution in [0.25, 0.3) is 0 Å². The quantitative estimate of drug-likeness (QED) is 0.418. The van der Waals surface area contributed by atoms with E-state index in [1.807, 2.05) is 36.4 Å². The lowest BCUT2D eigenvalue weighted by Gasteiger charge is -2.14. The van der Waals surface area contributed by atoms with Gasteiger partial charge in [-0.2, -0.15) is 0 Å². The van der Waals surface area contributed by atoms with Crippen molar-refractivity contribution in [1.82, 2.24) is 0 Å². The Morgan fingerprint density at radius 3 is 2.55 bits per heavy atom. The maximum Gasteiger partial charge on any atom is 0.234 e. The largest absolute Gasteiger partial charge is 0.325 e. The van der Waals surface area contributed by atoms with E-state index in [0.29, 0.717) is 11.7 Å². The lowest BCUT2D eigenvalue weighted by molar-refractivity contribution is -0.113. The molecule has 2 rings (SSSR count). The second-order valence-electron chi connectivity index (χ2n) is 5.18. The van der Waals surface area contributed by atoms with Gasteiger partial charge in [0, 0.05) is 18.6 Å². The van der Waals surface area contributed by atoms with Gasteiger partial charge in [0.2, 0.25) is 5.91 Å². The van der Waals surface area contributed by atoms with Gasteiger partial charge in [-0.3, -0.25) is 4.79 Å². The van der Waals surface area contributed by atoms with Crippen molar-refractivity contribution in [3.05, 3.63) is 56.1 Å². The first-order valence-corrected chi connectivity index (χ1v) is 9.79. The molecule has 116 valence electrons. The Kier molecular flexibility index (Phi) is 6.77. The summed E-state index contributed by atoms with van der Waals surface area (Å²) in [6, 6.07) is 14.1. The number of benzene rings is 2. The molecule has 0 radical (unpaired) electrons. The Balaban J connectivity index is 1.99. The van der Waals surface area contributed by atoms with Crippen LogP contribution in [0.4, 0.5) is 5.69 Å². The number of thioether (sulfide) groups is 1. The molecular formula is C17H17BrINOS. The zero-order valence-electron chi connectivity index (χ0n) is 12.4. The Morgan fingerprint density at radius 1 is 1.23 bits per heavy atom. The summed E-state index contributed by atoms with van der Waals surface area (Å²) in [6.45, 7) is 4.27. The van der Waals surface area contributed by atoms with E-state index in [2.05, 4.69) is 63.8 Å². The van der Waals surface area contributed by atoms with Gasteiger partial charge < -0.3 is 5.32 Å². The number of amides is 1. The maximum atomic E-state index is 12.2. The zero-order chi connectivity index (χ0) is 16.1. The number of nitrogens with one attached hydrogen (secondary N) is 1. The lowest BCUT2D eigenvalue weighted by atomic mass is 10.0. The standard InChI is InChI=1S/C17H17BrINOS/c1-11(2)15-9-13(19)5-8-16(15)20-17(21)10-22-14-6-3-12(18)4-7-14/h3-9,11H,10H2,1-2H3,(H,20,21). The molecule has 2 nitrogen and oxygen atoms in total. The van der Waals surface area contributed by atoms with Gasteiger partial charge in [0.15, 0.2) is 0 Å². The number of carbonyl (C=O) groups is 1. The predicted octanol–water partition coefficient (Wildman–Crippen LogP) is 5.91. The molecule has 0 spiro atoms. The molecule has 1 amide bonds. The van der Waals surface area contributed by atoms with E-state index in [1.165, 1.54) is 20.9 Å². The smallest absolute Gasteiger partial charge is 0.234 e. The molecule has 0 saturated heterocycles. The fraction of sp³-hybridized carbons (Fsp3) is 0.235. The fourth-order valence-corrected chi connectivity index (χ4v) is 3.47. The predicted molar refractivity (Wildman–Crippen MR) is 107 cm³/mol. The van der Waals surface area contributed by atoms with Gasteiger partial charge in [0.1, 0.15) is 0 Å². The molecule has 2 aromatic carbocycles. The van der Waals surface area contributed by atoms with Gasteiger partial charge in [-0.15, -0.1) is 11.8 Å². The van der Waals surface area contributed by atoms with Gasteiger partial charge in [-0.1, -0.05) is 29.8 Å². The first kappa shape index (κ1) is 17.8. The van der Waals surface area contributed by atoms with Gasteiger partial charge in [0.05, 0.1) is 5.75 Å². The van der Waals surface area contributed by atoms with E-state index < -0.39 is 0 Å². The van der Waals surface area contributed by atoms with Crippen molar-refractivity contribution in [3.63, 3.8) is 0 Å². The molecular weight excluding hydrogens is 473 g/mol. The number of rotatable bonds is 5. The summed E-state index contributed by atoms with van der Waals surface area (Å²) in [5, 5.41) is 3.03. The van der Waals surface area contributed by atoms with Gasteiger partial charge >= 0.3 is 0 Å². The number of anilines is 1. The first-order valence-electron chi connectivity index (χ1n) is 6.93. The minimum atomic E-state index is 0.0241. The summed E-state index contributed by atoms with van der Waals surface area (Å²) in [6.07, 6.45) is 0. The second-order valence-corrected chi connectivity index (χ2v) is 8.39. The molecule has 1 N–H and O–H groups in total. The Labute approximate surface area is 157 Å². The molecule has 0 aliphatic carbocycles. The molecule has 0 aromatic heterocycles. The minimum Gasteiger partial charge on any atom is -0.325 e. The highest BCUT2D eigenvalue weighted by Crippen LogP contribution is 2.27. The van der Waals surface area contributed by atoms with Gasteiger partial charge in [-0.25, -0.2) is 0 Å². The highest BCUT2D eigenvalue weighted by atomic mass is 127. The number of hydrogen-bond donors (Lipinski definition) is 1. The van der Waals surface area contributed by atoms with E-state index >= 15 is 0 Å². The third-order valence-corrected chi connectivity index (χ3v) is 5.30. The van der Waals surface area contributed by atoms with Crippen LogP contribution in [0, 0.1) is 3.57 Å². The summed E-state index contributed by atoms with van der Waals surface area (Å²) >= 11 is 7.24. The van der Waals surface area contributed by atoms with Crippen molar-refractivity contribution < 1.29 is 4.79 Å². The molecule has 0 bridgehead atoms. The number of carbonyl (C=O) groups excluding carboxylic acids is 1. The van der Waals surface area contributed by atoms with Crippen molar-refractivity contribution in [2.24, 2.45) is 0 Å². The van der Waals surface area contributed by atoms with Crippen molar-refractivity contribution in [3.8, 4) is 0 Å². The molecule has 0 saturated carbocycles. The summed E-state index contributed by atoms with van der Waals surface area (Å²) in [7, 11) is 0. The number of hydrogen-bond acceptors (Lipinski definition) is 2. The Bertz CT molecular complexity index is 658. The summed E-state index contributed by atoms with van der Waals surface area (Å²) in [4.78, 5) is 13.3. The Morgan fingerprint density at radius 2 is 1.91 bits per heavy atom. The van der Waals surface area contributed by atoms with E-state index in [4.69, 9.17) is 0 Å². The minimum absolute atomic E-state index is 0.0241. The topological polar surface area (TPSA) is 29.1 Å². The SMILES string of the molecule is CC(C)c1cc(I)ccc1NC(=O)CSc1ccc(Br)cc1. The van der Waals surface area contributed by atoms with Crippen LogP contribution in [0.15, 0.2) is 51.8 Å². The highest BCUT2D eigenvalue weighted by Gasteiger charge is 2.10. The summed E-state index contributed by atoms with van der Waals surface area (Å²) < 4.78 is 2.23. The highest BCUT2D eigenvalue weighted by molar-refractivity contribution is 14.1. The normalized spacial score (nSPS) is 10.8. The van der Waals surface area contributed by atoms with Crippen LogP contribution in [-0.4, -0.2) is 11.7 Å². The second kappa shape index (κ2) is 8.36. The molecule has 0 aliphatic heterocycles. The van der Waals surface area contributed by atoms with Crippen molar-refractivity contribution in [1.29, 1.82) is 0 Å². The number of halogens is 2. The average molecular weight is 490 g/mol. The molecule has 0 aliphatic rings. The van der Waals surface area contributed by atoms with Crippen LogP contribution in [0.2, 0.25) is 0 Å². The van der Waals surface area contributed by atoms with Crippen LogP contribution in [0.3, 0.4) is 0 Å². The van der Waals surface area contributed by atoms with E-state index in [-0.39, 0.29) is 5.91 Å². The molecule has 0 fully saturated rings. The summed E-state index contributed by atoms with van der Waals surface area (Å²) in [5.74, 6) is 0.811. The fourth-order valence-electron chi connectivity index (χ4n) is 1.99. The van der Waals surface area contributed by atoms with E-state index in [0.717, 1.165) is 15.1 Å². The molecule has 0 atom stereocenters. The molecule has 22 heavy (non-hydrogen) atoms. The van der Waals surface area contributed by atoms with E-state index in [9.17, 15) is 4.79 Å².